The average molecular weight is 267 g/mol. The number of carboxylic acid groups (broad SMARTS) is 1. The van der Waals surface area contributed by atoms with Crippen LogP contribution in [0.5, 0.6) is 0 Å². The number of hydrogen-bond donors (Lipinski definition) is 1. The number of tetrazole rings is 1. The van der Waals surface area contributed by atoms with Crippen molar-refractivity contribution in [2.24, 2.45) is 5.92 Å². The van der Waals surface area contributed by atoms with Crippen LogP contribution in [0.2, 0.25) is 0 Å². The summed E-state index contributed by atoms with van der Waals surface area (Å²) in [5.74, 6) is 0.443. The molecular formula is C12H21N5O2. The molecule has 1 N–H and O–H groups in total. The van der Waals surface area contributed by atoms with Crippen molar-refractivity contribution >= 4 is 5.97 Å². The van der Waals surface area contributed by atoms with Crippen molar-refractivity contribution in [3.05, 3.63) is 5.82 Å². The Labute approximate surface area is 112 Å². The van der Waals surface area contributed by atoms with Crippen molar-refractivity contribution in [3.63, 3.8) is 0 Å². The maximum absolute atomic E-state index is 11.3. The third-order valence-electron chi connectivity index (χ3n) is 3.83. The van der Waals surface area contributed by atoms with E-state index >= 15 is 0 Å². The summed E-state index contributed by atoms with van der Waals surface area (Å²) in [4.78, 5) is 13.6. The molecule has 0 aromatic carbocycles. The number of likely N-dealkylation sites (tertiary alicyclic amines) is 1. The largest absolute Gasteiger partial charge is 0.479 e. The maximum Gasteiger partial charge on any atom is 0.331 e. The Morgan fingerprint density at radius 1 is 1.42 bits per heavy atom. The molecule has 1 fully saturated rings. The van der Waals surface area contributed by atoms with Gasteiger partial charge < -0.3 is 5.11 Å². The van der Waals surface area contributed by atoms with Crippen LogP contribution in [0, 0.1) is 5.92 Å². The highest BCUT2D eigenvalue weighted by Crippen LogP contribution is 2.20. The van der Waals surface area contributed by atoms with Gasteiger partial charge in [0.05, 0.1) is 6.54 Å². The minimum atomic E-state index is -1.12. The minimum Gasteiger partial charge on any atom is -0.479 e. The van der Waals surface area contributed by atoms with E-state index in [1.807, 2.05) is 0 Å². The van der Waals surface area contributed by atoms with Crippen molar-refractivity contribution in [2.45, 2.75) is 45.7 Å². The zero-order chi connectivity index (χ0) is 14.0. The van der Waals surface area contributed by atoms with E-state index in [1.54, 1.807) is 13.8 Å². The van der Waals surface area contributed by atoms with Gasteiger partial charge in [0.1, 0.15) is 0 Å². The van der Waals surface area contributed by atoms with Crippen LogP contribution < -0.4 is 0 Å². The molecule has 0 radical (unpaired) electrons. The van der Waals surface area contributed by atoms with E-state index in [1.165, 1.54) is 17.5 Å². The Kier molecular flexibility index (Phi) is 3.84. The summed E-state index contributed by atoms with van der Waals surface area (Å²) >= 11 is 0. The summed E-state index contributed by atoms with van der Waals surface area (Å²) in [6.07, 6.45) is 2.34. The van der Waals surface area contributed by atoms with Gasteiger partial charge in [0.25, 0.3) is 0 Å². The number of rotatable bonds is 4. The molecule has 0 saturated carbocycles. The molecule has 0 spiro atoms. The van der Waals surface area contributed by atoms with Gasteiger partial charge in [0.15, 0.2) is 11.4 Å². The van der Waals surface area contributed by atoms with E-state index in [-0.39, 0.29) is 0 Å². The zero-order valence-corrected chi connectivity index (χ0v) is 11.7. The molecule has 1 aliphatic rings. The number of aromatic nitrogens is 4. The summed E-state index contributed by atoms with van der Waals surface area (Å²) in [7, 11) is 0. The van der Waals surface area contributed by atoms with Crippen molar-refractivity contribution in [1.82, 2.24) is 25.1 Å². The highest BCUT2D eigenvalue weighted by molar-refractivity contribution is 5.75. The van der Waals surface area contributed by atoms with Crippen LogP contribution in [0.15, 0.2) is 0 Å². The summed E-state index contributed by atoms with van der Waals surface area (Å²) in [5, 5.41) is 20.7. The highest BCUT2D eigenvalue weighted by Gasteiger charge is 2.34. The maximum atomic E-state index is 11.3. The second-order valence-corrected chi connectivity index (χ2v) is 5.83. The smallest absolute Gasteiger partial charge is 0.331 e. The highest BCUT2D eigenvalue weighted by atomic mass is 16.4. The normalized spacial score (nSPS) is 18.7. The predicted octanol–water partition coefficient (Wildman–Crippen LogP) is 0.725. The molecule has 1 aromatic rings. The quantitative estimate of drug-likeness (QED) is 0.865. The van der Waals surface area contributed by atoms with Gasteiger partial charge >= 0.3 is 5.97 Å². The first-order valence-corrected chi connectivity index (χ1v) is 6.64. The Morgan fingerprint density at radius 2 is 2.05 bits per heavy atom. The second kappa shape index (κ2) is 5.24. The number of piperidine rings is 1. The Bertz CT molecular complexity index is 449. The van der Waals surface area contributed by atoms with Gasteiger partial charge in [-0.3, -0.25) is 4.90 Å². The first-order valence-electron chi connectivity index (χ1n) is 6.64. The van der Waals surface area contributed by atoms with E-state index < -0.39 is 11.5 Å². The van der Waals surface area contributed by atoms with Crippen LogP contribution in [0.4, 0.5) is 0 Å². The topological polar surface area (TPSA) is 84.1 Å². The van der Waals surface area contributed by atoms with Gasteiger partial charge in [-0.2, -0.15) is 0 Å². The van der Waals surface area contributed by atoms with Gasteiger partial charge in [0.2, 0.25) is 0 Å². The fourth-order valence-electron chi connectivity index (χ4n) is 2.25. The molecule has 0 unspecified atom stereocenters. The third kappa shape index (κ3) is 2.91. The standard InChI is InChI=1S/C12H21N5O2/c1-9-4-6-16(7-5-9)8-10-13-14-15-17(10)12(2,3)11(18)19/h9H,4-8H2,1-3H3,(H,18,19). The second-order valence-electron chi connectivity index (χ2n) is 5.83. The van der Waals surface area contributed by atoms with Gasteiger partial charge in [-0.15, -0.1) is 5.10 Å². The number of carbonyl (C=O) groups is 1. The molecule has 7 nitrogen and oxygen atoms in total. The molecular weight excluding hydrogens is 246 g/mol. The van der Waals surface area contributed by atoms with Gasteiger partial charge in [-0.1, -0.05) is 6.92 Å². The molecule has 2 heterocycles. The molecule has 1 aliphatic heterocycles. The summed E-state index contributed by atoms with van der Waals surface area (Å²) < 4.78 is 1.41. The van der Waals surface area contributed by atoms with Crippen LogP contribution in [-0.4, -0.2) is 49.3 Å². The fourth-order valence-corrected chi connectivity index (χ4v) is 2.25. The lowest BCUT2D eigenvalue weighted by Gasteiger charge is -2.30. The molecule has 7 heteroatoms. The molecule has 1 aromatic heterocycles. The first kappa shape index (κ1) is 13.9. The van der Waals surface area contributed by atoms with Crippen LogP contribution in [0.25, 0.3) is 0 Å². The zero-order valence-electron chi connectivity index (χ0n) is 11.7. The Morgan fingerprint density at radius 3 is 2.63 bits per heavy atom. The third-order valence-corrected chi connectivity index (χ3v) is 3.83. The lowest BCUT2D eigenvalue weighted by Crippen LogP contribution is -2.40. The first-order chi connectivity index (χ1) is 8.91. The Hall–Kier alpha value is -1.50. The van der Waals surface area contributed by atoms with E-state index in [9.17, 15) is 9.90 Å². The molecule has 19 heavy (non-hydrogen) atoms. The molecule has 0 bridgehead atoms. The number of hydrogen-bond acceptors (Lipinski definition) is 5. The monoisotopic (exact) mass is 267 g/mol. The van der Waals surface area contributed by atoms with Crippen LogP contribution >= 0.6 is 0 Å². The predicted molar refractivity (Wildman–Crippen MR) is 68.4 cm³/mol. The molecule has 2 rings (SSSR count). The van der Waals surface area contributed by atoms with Crippen molar-refractivity contribution in [3.8, 4) is 0 Å². The SMILES string of the molecule is CC1CCN(Cc2nnnn2C(C)(C)C(=O)O)CC1. The van der Waals surface area contributed by atoms with Crippen LogP contribution in [0.1, 0.15) is 39.4 Å². The van der Waals surface area contributed by atoms with Gasteiger partial charge in [0, 0.05) is 0 Å². The Balaban J connectivity index is 2.10. The molecule has 0 aliphatic carbocycles. The molecule has 1 saturated heterocycles. The number of carboxylic acids is 1. The molecule has 0 amide bonds. The van der Waals surface area contributed by atoms with E-state index in [0.717, 1.165) is 19.0 Å². The molecule has 0 atom stereocenters. The average Bonchev–Trinajstić information content (AvgIpc) is 2.80. The summed E-state index contributed by atoms with van der Waals surface area (Å²) in [5.41, 5.74) is -1.12. The minimum absolute atomic E-state index is 0.608. The molecule has 106 valence electrons. The van der Waals surface area contributed by atoms with E-state index in [0.29, 0.717) is 12.4 Å². The lowest BCUT2D eigenvalue weighted by molar-refractivity contribution is -0.146. The van der Waals surface area contributed by atoms with E-state index in [2.05, 4.69) is 27.3 Å². The number of aliphatic carboxylic acids is 1. The van der Waals surface area contributed by atoms with Gasteiger partial charge in [-0.05, 0) is 56.1 Å². The van der Waals surface area contributed by atoms with Crippen molar-refractivity contribution < 1.29 is 9.90 Å². The summed E-state index contributed by atoms with van der Waals surface area (Å²) in [6.45, 7) is 8.11. The van der Waals surface area contributed by atoms with Crippen molar-refractivity contribution in [1.29, 1.82) is 0 Å². The lowest BCUT2D eigenvalue weighted by atomic mass is 9.99. The summed E-state index contributed by atoms with van der Waals surface area (Å²) in [6, 6.07) is 0. The fraction of sp³-hybridized carbons (Fsp3) is 0.833. The van der Waals surface area contributed by atoms with E-state index in [4.69, 9.17) is 0 Å². The van der Waals surface area contributed by atoms with Crippen LogP contribution in [0.3, 0.4) is 0 Å². The van der Waals surface area contributed by atoms with Gasteiger partial charge in [-0.25, -0.2) is 9.48 Å². The number of nitrogens with zero attached hydrogens (tertiary/aromatic N) is 5. The van der Waals surface area contributed by atoms with Crippen LogP contribution in [-0.2, 0) is 16.9 Å². The van der Waals surface area contributed by atoms with Crippen molar-refractivity contribution in [2.75, 3.05) is 13.1 Å².